The second-order valence-corrected chi connectivity index (χ2v) is 4.37. The van der Waals surface area contributed by atoms with Crippen LogP contribution in [0.5, 0.6) is 11.5 Å². The number of thiophene rings is 1. The zero-order valence-electron chi connectivity index (χ0n) is 9.10. The average molecular weight is 249 g/mol. The van der Waals surface area contributed by atoms with Crippen LogP contribution < -0.4 is 5.32 Å². The van der Waals surface area contributed by atoms with Gasteiger partial charge in [0.15, 0.2) is 0 Å². The Bertz CT molecular complexity index is 563. The summed E-state index contributed by atoms with van der Waals surface area (Å²) in [6, 6.07) is 4.02. The summed E-state index contributed by atoms with van der Waals surface area (Å²) in [5, 5.41) is 24.9. The number of anilines is 1. The molecule has 5 heteroatoms. The van der Waals surface area contributed by atoms with Crippen molar-refractivity contribution in [2.75, 3.05) is 5.32 Å². The predicted octanol–water partition coefficient (Wildman–Crippen LogP) is 2.72. The number of amides is 1. The first-order valence-corrected chi connectivity index (χ1v) is 5.88. The van der Waals surface area contributed by atoms with Gasteiger partial charge in [0, 0.05) is 11.4 Å². The number of phenolic OH excluding ortho intramolecular Hbond substituents is 2. The summed E-state index contributed by atoms with van der Waals surface area (Å²) in [6.45, 7) is 1.85. The van der Waals surface area contributed by atoms with Gasteiger partial charge >= 0.3 is 0 Å². The molecule has 0 fully saturated rings. The zero-order valence-corrected chi connectivity index (χ0v) is 9.91. The summed E-state index contributed by atoms with van der Waals surface area (Å²) in [4.78, 5) is 11.9. The first-order valence-electron chi connectivity index (χ1n) is 4.94. The van der Waals surface area contributed by atoms with Gasteiger partial charge in [-0.15, -0.1) is 0 Å². The molecule has 17 heavy (non-hydrogen) atoms. The first-order chi connectivity index (χ1) is 8.08. The molecule has 0 aliphatic heterocycles. The van der Waals surface area contributed by atoms with Gasteiger partial charge in [0.25, 0.3) is 5.91 Å². The number of aryl methyl sites for hydroxylation is 1. The molecule has 0 radical (unpaired) electrons. The number of carbonyl (C=O) groups is 1. The Morgan fingerprint density at radius 2 is 2.06 bits per heavy atom. The molecule has 2 aromatic rings. The maximum absolute atomic E-state index is 11.9. The van der Waals surface area contributed by atoms with Gasteiger partial charge in [0.05, 0.1) is 11.3 Å². The van der Waals surface area contributed by atoms with Crippen molar-refractivity contribution in [1.82, 2.24) is 0 Å². The third kappa shape index (κ3) is 2.39. The van der Waals surface area contributed by atoms with Gasteiger partial charge in [-0.1, -0.05) is 0 Å². The number of rotatable bonds is 2. The third-order valence-electron chi connectivity index (χ3n) is 2.33. The van der Waals surface area contributed by atoms with Crippen molar-refractivity contribution in [3.63, 3.8) is 0 Å². The highest BCUT2D eigenvalue weighted by Crippen LogP contribution is 2.28. The van der Waals surface area contributed by atoms with Crippen LogP contribution in [-0.2, 0) is 0 Å². The molecule has 0 saturated carbocycles. The largest absolute Gasteiger partial charge is 0.508 e. The summed E-state index contributed by atoms with van der Waals surface area (Å²) in [6.07, 6.45) is 0. The Balaban J connectivity index is 2.22. The molecule has 0 atom stereocenters. The van der Waals surface area contributed by atoms with Gasteiger partial charge in [0.2, 0.25) is 0 Å². The maximum atomic E-state index is 11.9. The average Bonchev–Trinajstić information content (AvgIpc) is 2.68. The van der Waals surface area contributed by atoms with Crippen molar-refractivity contribution in [2.24, 2.45) is 0 Å². The molecule has 0 aliphatic carbocycles. The van der Waals surface area contributed by atoms with Gasteiger partial charge in [-0.3, -0.25) is 4.79 Å². The van der Waals surface area contributed by atoms with Crippen LogP contribution in [0.25, 0.3) is 0 Å². The fourth-order valence-electron chi connectivity index (χ4n) is 1.41. The van der Waals surface area contributed by atoms with E-state index in [-0.39, 0.29) is 23.1 Å². The van der Waals surface area contributed by atoms with Gasteiger partial charge in [-0.25, -0.2) is 0 Å². The zero-order chi connectivity index (χ0) is 12.4. The number of hydrogen-bond donors (Lipinski definition) is 3. The van der Waals surface area contributed by atoms with E-state index in [0.717, 1.165) is 5.56 Å². The molecule has 0 saturated heterocycles. The van der Waals surface area contributed by atoms with Crippen molar-refractivity contribution in [2.45, 2.75) is 6.92 Å². The van der Waals surface area contributed by atoms with Crippen LogP contribution in [0.15, 0.2) is 29.0 Å². The summed E-state index contributed by atoms with van der Waals surface area (Å²) in [5.41, 5.74) is 1.76. The molecule has 3 N–H and O–H groups in total. The van der Waals surface area contributed by atoms with Crippen LogP contribution in [0.1, 0.15) is 15.9 Å². The van der Waals surface area contributed by atoms with E-state index in [0.29, 0.717) is 5.56 Å². The molecule has 1 aromatic heterocycles. The second kappa shape index (κ2) is 4.47. The quantitative estimate of drug-likeness (QED) is 0.566. The Hall–Kier alpha value is -2.01. The minimum Gasteiger partial charge on any atom is -0.508 e. The maximum Gasteiger partial charge on any atom is 0.256 e. The smallest absolute Gasteiger partial charge is 0.256 e. The predicted molar refractivity (Wildman–Crippen MR) is 66.8 cm³/mol. The minimum absolute atomic E-state index is 0.0489. The summed E-state index contributed by atoms with van der Waals surface area (Å²) in [5.74, 6) is -0.483. The molecular formula is C12H11NO3S. The highest BCUT2D eigenvalue weighted by molar-refractivity contribution is 7.08. The van der Waals surface area contributed by atoms with E-state index in [1.807, 2.05) is 12.3 Å². The van der Waals surface area contributed by atoms with Crippen molar-refractivity contribution in [1.29, 1.82) is 0 Å². The highest BCUT2D eigenvalue weighted by atomic mass is 32.1. The Morgan fingerprint density at radius 3 is 2.65 bits per heavy atom. The summed E-state index contributed by atoms with van der Waals surface area (Å²) >= 11 is 1.45. The van der Waals surface area contributed by atoms with Crippen molar-refractivity contribution >= 4 is 22.9 Å². The number of phenols is 2. The Morgan fingerprint density at radius 1 is 1.29 bits per heavy atom. The lowest BCUT2D eigenvalue weighted by atomic mass is 10.2. The molecule has 88 valence electrons. The molecule has 0 unspecified atom stereocenters. The lowest BCUT2D eigenvalue weighted by molar-refractivity contribution is 0.102. The van der Waals surface area contributed by atoms with Crippen LogP contribution in [0, 0.1) is 6.92 Å². The molecule has 1 aromatic carbocycles. The second-order valence-electron chi connectivity index (χ2n) is 3.62. The first kappa shape index (κ1) is 11.5. The van der Waals surface area contributed by atoms with E-state index in [2.05, 4.69) is 5.32 Å². The van der Waals surface area contributed by atoms with E-state index in [4.69, 9.17) is 5.11 Å². The van der Waals surface area contributed by atoms with E-state index in [1.165, 1.54) is 29.5 Å². The van der Waals surface area contributed by atoms with Crippen LogP contribution in [-0.4, -0.2) is 16.1 Å². The van der Waals surface area contributed by atoms with Crippen LogP contribution >= 0.6 is 11.3 Å². The molecule has 0 bridgehead atoms. The van der Waals surface area contributed by atoms with E-state index in [9.17, 15) is 9.90 Å². The number of nitrogens with one attached hydrogen (secondary N) is 1. The molecule has 1 heterocycles. The van der Waals surface area contributed by atoms with Crippen LogP contribution in [0.3, 0.4) is 0 Å². The third-order valence-corrected chi connectivity index (χ3v) is 3.19. The number of aromatic hydroxyl groups is 2. The number of carbonyl (C=O) groups excluding carboxylic acids is 1. The molecule has 0 spiro atoms. The summed E-state index contributed by atoms with van der Waals surface area (Å²) in [7, 11) is 0. The number of hydrogen-bond acceptors (Lipinski definition) is 4. The van der Waals surface area contributed by atoms with Crippen molar-refractivity contribution < 1.29 is 15.0 Å². The molecule has 1 amide bonds. The fraction of sp³-hybridized carbons (Fsp3) is 0.0833. The molecule has 0 aliphatic rings. The standard InChI is InChI=1S/C12H11NO3S/c1-7-5-17-6-9(7)12(16)13-10-3-2-8(14)4-11(10)15/h2-6,14-15H,1H3,(H,13,16). The van der Waals surface area contributed by atoms with Crippen LogP contribution in [0.2, 0.25) is 0 Å². The monoisotopic (exact) mass is 249 g/mol. The minimum atomic E-state index is -0.273. The molecule has 2 rings (SSSR count). The van der Waals surface area contributed by atoms with Gasteiger partial charge in [-0.2, -0.15) is 11.3 Å². The van der Waals surface area contributed by atoms with Gasteiger partial charge in [0.1, 0.15) is 11.5 Å². The topological polar surface area (TPSA) is 69.6 Å². The Kier molecular flexibility index (Phi) is 3.01. The lowest BCUT2D eigenvalue weighted by Crippen LogP contribution is -2.12. The molecular weight excluding hydrogens is 238 g/mol. The fourth-order valence-corrected chi connectivity index (χ4v) is 2.24. The van der Waals surface area contributed by atoms with Crippen LogP contribution in [0.4, 0.5) is 5.69 Å². The SMILES string of the molecule is Cc1cscc1C(=O)Nc1ccc(O)cc1O. The Labute approximate surface area is 102 Å². The normalized spacial score (nSPS) is 10.2. The van der Waals surface area contributed by atoms with Gasteiger partial charge in [-0.05, 0) is 30.0 Å². The van der Waals surface area contributed by atoms with E-state index in [1.54, 1.807) is 5.38 Å². The van der Waals surface area contributed by atoms with Crippen molar-refractivity contribution in [3.05, 3.63) is 40.1 Å². The molecule has 4 nitrogen and oxygen atoms in total. The highest BCUT2D eigenvalue weighted by Gasteiger charge is 2.12. The van der Waals surface area contributed by atoms with Gasteiger partial charge < -0.3 is 15.5 Å². The summed E-state index contributed by atoms with van der Waals surface area (Å²) < 4.78 is 0. The van der Waals surface area contributed by atoms with Crippen molar-refractivity contribution in [3.8, 4) is 11.5 Å². The van der Waals surface area contributed by atoms with E-state index < -0.39 is 0 Å². The lowest BCUT2D eigenvalue weighted by Gasteiger charge is -2.07. The van der Waals surface area contributed by atoms with E-state index >= 15 is 0 Å². The number of benzene rings is 1.